The average molecular weight is 377 g/mol. The van der Waals surface area contributed by atoms with E-state index < -0.39 is 6.17 Å². The number of amides is 1. The van der Waals surface area contributed by atoms with Gasteiger partial charge in [-0.1, -0.05) is 23.4 Å². The van der Waals surface area contributed by atoms with Crippen LogP contribution in [0.5, 0.6) is 0 Å². The second kappa shape index (κ2) is 6.26. The Kier molecular flexibility index (Phi) is 3.71. The highest BCUT2D eigenvalue weighted by atomic mass is 19.1. The Bertz CT molecular complexity index is 1200. The number of halogens is 1. The summed E-state index contributed by atoms with van der Waals surface area (Å²) in [6.45, 7) is 1.90. The van der Waals surface area contributed by atoms with Gasteiger partial charge in [-0.15, -0.1) is 0 Å². The molecular formula is C20H16FN5O2. The standard InChI is InChI=1S/C20H16FN5O2/c1-11-5-6-12(18-24-20(28-25-18)13-9-15(13)21)8-16(11)23-19(27)14-10-22-26-7-3-2-4-17(14)26/h2-8,10,13,15H,9H2,1H3,(H,23,27)/t13-,15-/m0/s1. The van der Waals surface area contributed by atoms with E-state index in [2.05, 4.69) is 20.6 Å². The third-order valence-corrected chi connectivity index (χ3v) is 4.89. The summed E-state index contributed by atoms with van der Waals surface area (Å²) < 4.78 is 20.0. The largest absolute Gasteiger partial charge is 0.339 e. The van der Waals surface area contributed by atoms with E-state index in [9.17, 15) is 9.18 Å². The van der Waals surface area contributed by atoms with Crippen LogP contribution >= 0.6 is 0 Å². The number of alkyl halides is 1. The van der Waals surface area contributed by atoms with Gasteiger partial charge in [-0.05, 0) is 37.1 Å². The monoisotopic (exact) mass is 377 g/mol. The highest BCUT2D eigenvalue weighted by Crippen LogP contribution is 2.43. The number of carbonyl (C=O) groups excluding carboxylic acids is 1. The lowest BCUT2D eigenvalue weighted by atomic mass is 10.1. The average Bonchev–Trinajstić information content (AvgIpc) is 3.12. The molecule has 1 aromatic carbocycles. The number of fused-ring (bicyclic) bond motifs is 1. The Morgan fingerprint density at radius 2 is 2.18 bits per heavy atom. The third-order valence-electron chi connectivity index (χ3n) is 4.89. The molecule has 140 valence electrons. The van der Waals surface area contributed by atoms with Crippen LogP contribution in [0.4, 0.5) is 10.1 Å². The van der Waals surface area contributed by atoms with Gasteiger partial charge in [0.15, 0.2) is 0 Å². The van der Waals surface area contributed by atoms with Crippen molar-refractivity contribution in [2.24, 2.45) is 0 Å². The first kappa shape index (κ1) is 16.6. The summed E-state index contributed by atoms with van der Waals surface area (Å²) in [5.74, 6) is 0.149. The first-order chi connectivity index (χ1) is 13.6. The number of rotatable bonds is 4. The smallest absolute Gasteiger partial charge is 0.259 e. The van der Waals surface area contributed by atoms with Crippen LogP contribution in [0.3, 0.4) is 0 Å². The number of anilines is 1. The quantitative estimate of drug-likeness (QED) is 0.585. The van der Waals surface area contributed by atoms with Crippen molar-refractivity contribution in [3.63, 3.8) is 0 Å². The van der Waals surface area contributed by atoms with Crippen LogP contribution in [0.2, 0.25) is 0 Å². The summed E-state index contributed by atoms with van der Waals surface area (Å²) in [6, 6.07) is 11.0. The van der Waals surface area contributed by atoms with Crippen LogP contribution < -0.4 is 5.32 Å². The second-order valence-electron chi connectivity index (χ2n) is 6.89. The van der Waals surface area contributed by atoms with Gasteiger partial charge in [-0.2, -0.15) is 10.1 Å². The first-order valence-corrected chi connectivity index (χ1v) is 8.92. The molecule has 0 radical (unpaired) electrons. The summed E-state index contributed by atoms with van der Waals surface area (Å²) in [4.78, 5) is 17.1. The topological polar surface area (TPSA) is 85.3 Å². The first-order valence-electron chi connectivity index (χ1n) is 8.92. The minimum atomic E-state index is -0.896. The van der Waals surface area contributed by atoms with Crippen molar-refractivity contribution in [1.82, 2.24) is 19.8 Å². The Morgan fingerprint density at radius 3 is 3.00 bits per heavy atom. The molecule has 3 heterocycles. The van der Waals surface area contributed by atoms with Gasteiger partial charge < -0.3 is 9.84 Å². The zero-order valence-corrected chi connectivity index (χ0v) is 15.0. The Balaban J connectivity index is 1.43. The molecule has 28 heavy (non-hydrogen) atoms. The summed E-state index contributed by atoms with van der Waals surface area (Å²) in [7, 11) is 0. The molecule has 1 aliphatic rings. The lowest BCUT2D eigenvalue weighted by Gasteiger charge is -2.09. The summed E-state index contributed by atoms with van der Waals surface area (Å²) in [5, 5.41) is 11.1. The van der Waals surface area contributed by atoms with Crippen molar-refractivity contribution < 1.29 is 13.7 Å². The van der Waals surface area contributed by atoms with Crippen LogP contribution in [0, 0.1) is 6.92 Å². The highest BCUT2D eigenvalue weighted by molar-refractivity contribution is 6.09. The van der Waals surface area contributed by atoms with E-state index in [1.54, 1.807) is 23.0 Å². The summed E-state index contributed by atoms with van der Waals surface area (Å²) >= 11 is 0. The third kappa shape index (κ3) is 2.83. The van der Waals surface area contributed by atoms with Crippen molar-refractivity contribution >= 4 is 17.1 Å². The van der Waals surface area contributed by atoms with Gasteiger partial charge >= 0.3 is 0 Å². The van der Waals surface area contributed by atoms with Gasteiger partial charge in [0.1, 0.15) is 6.17 Å². The fourth-order valence-electron chi connectivity index (χ4n) is 3.12. The minimum absolute atomic E-state index is 0.256. The zero-order chi connectivity index (χ0) is 19.3. The lowest BCUT2D eigenvalue weighted by Crippen LogP contribution is -2.12. The molecule has 2 atom stereocenters. The van der Waals surface area contributed by atoms with Crippen LogP contribution in [0.1, 0.15) is 34.2 Å². The molecule has 7 nitrogen and oxygen atoms in total. The van der Waals surface area contributed by atoms with Gasteiger partial charge in [0.05, 0.1) is 23.2 Å². The van der Waals surface area contributed by atoms with Gasteiger partial charge in [0.25, 0.3) is 5.91 Å². The molecule has 0 aliphatic heterocycles. The number of benzene rings is 1. The maximum Gasteiger partial charge on any atom is 0.259 e. The van der Waals surface area contributed by atoms with Crippen molar-refractivity contribution in [1.29, 1.82) is 0 Å². The van der Waals surface area contributed by atoms with E-state index in [0.717, 1.165) is 11.1 Å². The molecule has 4 aromatic rings. The Labute approximate surface area is 159 Å². The van der Waals surface area contributed by atoms with Crippen molar-refractivity contribution in [3.05, 3.63) is 65.8 Å². The predicted octanol–water partition coefficient (Wildman–Crippen LogP) is 3.77. The molecular weight excluding hydrogens is 361 g/mol. The second-order valence-corrected chi connectivity index (χ2v) is 6.89. The molecule has 1 saturated carbocycles. The van der Waals surface area contributed by atoms with E-state index in [-0.39, 0.29) is 11.8 Å². The molecule has 0 bridgehead atoms. The fourth-order valence-corrected chi connectivity index (χ4v) is 3.12. The molecule has 8 heteroatoms. The number of nitrogens with one attached hydrogen (secondary N) is 1. The molecule has 1 fully saturated rings. The number of aryl methyl sites for hydroxylation is 1. The van der Waals surface area contributed by atoms with E-state index in [4.69, 9.17) is 4.52 Å². The van der Waals surface area contributed by atoms with Gasteiger partial charge in [-0.25, -0.2) is 8.91 Å². The normalized spacial score (nSPS) is 18.4. The molecule has 0 saturated heterocycles. The van der Waals surface area contributed by atoms with E-state index in [1.165, 1.54) is 0 Å². The molecule has 0 unspecified atom stereocenters. The number of hydrogen-bond donors (Lipinski definition) is 1. The van der Waals surface area contributed by atoms with E-state index >= 15 is 0 Å². The van der Waals surface area contributed by atoms with Gasteiger partial charge in [0.2, 0.25) is 11.7 Å². The highest BCUT2D eigenvalue weighted by Gasteiger charge is 2.43. The van der Waals surface area contributed by atoms with Gasteiger partial charge in [-0.3, -0.25) is 4.79 Å². The molecule has 0 spiro atoms. The van der Waals surface area contributed by atoms with Crippen LogP contribution in [-0.4, -0.2) is 31.8 Å². The maximum absolute atomic E-state index is 13.2. The number of carbonyl (C=O) groups is 1. The number of nitrogens with zero attached hydrogens (tertiary/aromatic N) is 4. The lowest BCUT2D eigenvalue weighted by molar-refractivity contribution is 0.102. The fraction of sp³-hybridized carbons (Fsp3) is 0.200. The van der Waals surface area contributed by atoms with Crippen LogP contribution in [-0.2, 0) is 0 Å². The van der Waals surface area contributed by atoms with E-state index in [0.29, 0.717) is 35.0 Å². The Hall–Kier alpha value is -3.55. The zero-order valence-electron chi connectivity index (χ0n) is 15.0. The summed E-state index contributed by atoms with van der Waals surface area (Å²) in [5.41, 5.74) is 3.42. The molecule has 1 aliphatic carbocycles. The van der Waals surface area contributed by atoms with Crippen molar-refractivity contribution in [2.75, 3.05) is 5.32 Å². The number of pyridine rings is 1. The number of hydrogen-bond acceptors (Lipinski definition) is 5. The SMILES string of the molecule is Cc1ccc(-c2noc([C@H]3C[C@@H]3F)n2)cc1NC(=O)c1cnn2ccccc12. The molecule has 5 rings (SSSR count). The molecule has 1 N–H and O–H groups in total. The van der Waals surface area contributed by atoms with Crippen molar-refractivity contribution in [2.45, 2.75) is 25.4 Å². The summed E-state index contributed by atoms with van der Waals surface area (Å²) in [6.07, 6.45) is 2.86. The molecule has 3 aromatic heterocycles. The minimum Gasteiger partial charge on any atom is -0.339 e. The van der Waals surface area contributed by atoms with Crippen LogP contribution in [0.15, 0.2) is 53.3 Å². The van der Waals surface area contributed by atoms with Crippen molar-refractivity contribution in [3.8, 4) is 11.4 Å². The van der Waals surface area contributed by atoms with Gasteiger partial charge in [0, 0.05) is 17.4 Å². The predicted molar refractivity (Wildman–Crippen MR) is 99.9 cm³/mol. The molecule has 1 amide bonds. The maximum atomic E-state index is 13.2. The number of aromatic nitrogens is 4. The Morgan fingerprint density at radius 1 is 1.32 bits per heavy atom. The van der Waals surface area contributed by atoms with E-state index in [1.807, 2.05) is 37.3 Å². The van der Waals surface area contributed by atoms with Crippen LogP contribution in [0.25, 0.3) is 16.9 Å².